The van der Waals surface area contributed by atoms with Crippen molar-refractivity contribution in [2.75, 3.05) is 11.5 Å². The molecule has 0 spiro atoms. The molecular weight excluding hydrogens is 261 g/mol. The maximum absolute atomic E-state index is 5.80. The fraction of sp³-hybridized carbons (Fsp3) is 0. The van der Waals surface area contributed by atoms with Crippen LogP contribution in [0.25, 0.3) is 0 Å². The first-order valence-corrected chi connectivity index (χ1v) is 5.82. The molecule has 98 valence electrons. The highest BCUT2D eigenvalue weighted by atomic mass is 16.8. The Bertz CT molecular complexity index is 751. The van der Waals surface area contributed by atoms with Gasteiger partial charge in [-0.05, 0) is 12.1 Å². The predicted octanol–water partition coefficient (Wildman–Crippen LogP) is 1.81. The van der Waals surface area contributed by atoms with Crippen LogP contribution in [0, 0.1) is 0 Å². The van der Waals surface area contributed by atoms with E-state index in [4.69, 9.17) is 25.4 Å². The Labute approximate surface area is 113 Å². The van der Waals surface area contributed by atoms with Gasteiger partial charge in [-0.3, -0.25) is 0 Å². The third-order valence-electron chi connectivity index (χ3n) is 2.91. The molecule has 0 saturated carbocycles. The molecule has 4 N–H and O–H groups in total. The molecule has 1 aromatic carbocycles. The van der Waals surface area contributed by atoms with Crippen molar-refractivity contribution in [2.45, 2.75) is 0 Å². The second-order valence-electron chi connectivity index (χ2n) is 4.20. The number of aromatic nitrogens is 1. The number of pyridine rings is 1. The molecule has 0 atom stereocenters. The molecule has 20 heavy (non-hydrogen) atoms. The molecule has 0 radical (unpaired) electrons. The number of hydrogen-bond acceptors (Lipinski definition) is 8. The number of para-hydroxylation sites is 1. The van der Waals surface area contributed by atoms with E-state index in [2.05, 4.69) is 15.2 Å². The average molecular weight is 269 g/mol. The molecule has 0 fully saturated rings. The van der Waals surface area contributed by atoms with Crippen LogP contribution in [0.1, 0.15) is 0 Å². The van der Waals surface area contributed by atoms with E-state index < -0.39 is 7.32 Å². The predicted molar refractivity (Wildman–Crippen MR) is 71.3 cm³/mol. The third kappa shape index (κ3) is 1.46. The van der Waals surface area contributed by atoms with Gasteiger partial charge in [-0.2, -0.15) is 0 Å². The summed E-state index contributed by atoms with van der Waals surface area (Å²) in [5, 5.41) is 8.18. The number of anilines is 2. The van der Waals surface area contributed by atoms with Crippen molar-refractivity contribution in [1.82, 2.24) is 4.98 Å². The van der Waals surface area contributed by atoms with Gasteiger partial charge < -0.3 is 25.4 Å². The Morgan fingerprint density at radius 1 is 0.900 bits per heavy atom. The summed E-state index contributed by atoms with van der Waals surface area (Å²) in [6, 6.07) is 7.12. The van der Waals surface area contributed by atoms with Crippen molar-refractivity contribution in [3.05, 3.63) is 24.3 Å². The van der Waals surface area contributed by atoms with Crippen LogP contribution in [0.5, 0.6) is 17.2 Å². The third-order valence-corrected chi connectivity index (χ3v) is 2.91. The number of azo groups is 1. The van der Waals surface area contributed by atoms with Crippen LogP contribution in [0.4, 0.5) is 23.0 Å². The lowest BCUT2D eigenvalue weighted by atomic mass is 10.2. The molecule has 0 amide bonds. The van der Waals surface area contributed by atoms with Crippen LogP contribution in [-0.4, -0.2) is 12.3 Å². The van der Waals surface area contributed by atoms with Gasteiger partial charge >= 0.3 is 7.32 Å². The van der Waals surface area contributed by atoms with Gasteiger partial charge in [0.05, 0.1) is 0 Å². The lowest BCUT2D eigenvalue weighted by Gasteiger charge is -2.09. The van der Waals surface area contributed by atoms with Crippen molar-refractivity contribution in [1.29, 1.82) is 0 Å². The number of nitrogens with two attached hydrogens (primary N) is 2. The van der Waals surface area contributed by atoms with Gasteiger partial charge in [0, 0.05) is 0 Å². The average Bonchev–Trinajstić information content (AvgIpc) is 2.86. The molecule has 2 aliphatic heterocycles. The van der Waals surface area contributed by atoms with E-state index in [1.807, 2.05) is 12.1 Å². The van der Waals surface area contributed by atoms with Gasteiger partial charge in [0.15, 0.2) is 28.8 Å². The monoisotopic (exact) mass is 269 g/mol. The molecule has 8 nitrogen and oxygen atoms in total. The minimum atomic E-state index is -0.973. The first-order chi connectivity index (χ1) is 9.72. The fourth-order valence-electron chi connectivity index (χ4n) is 2.01. The maximum atomic E-state index is 5.80. The van der Waals surface area contributed by atoms with Crippen molar-refractivity contribution < 1.29 is 14.0 Å². The van der Waals surface area contributed by atoms with Crippen LogP contribution in [0.2, 0.25) is 0 Å². The smallest absolute Gasteiger partial charge is 0.488 e. The van der Waals surface area contributed by atoms with E-state index >= 15 is 0 Å². The van der Waals surface area contributed by atoms with Crippen molar-refractivity contribution in [2.24, 2.45) is 10.2 Å². The van der Waals surface area contributed by atoms with E-state index in [0.29, 0.717) is 11.4 Å². The van der Waals surface area contributed by atoms with Gasteiger partial charge in [0.25, 0.3) is 0 Å². The second kappa shape index (κ2) is 3.76. The lowest BCUT2D eigenvalue weighted by molar-refractivity contribution is 0.353. The van der Waals surface area contributed by atoms with Gasteiger partial charge in [-0.1, -0.05) is 12.1 Å². The zero-order chi connectivity index (χ0) is 13.7. The summed E-state index contributed by atoms with van der Waals surface area (Å²) in [4.78, 5) is 3.95. The zero-order valence-corrected chi connectivity index (χ0v) is 10.1. The highest BCUT2D eigenvalue weighted by molar-refractivity contribution is 6.41. The number of nitrogen functional groups attached to an aromatic ring is 2. The van der Waals surface area contributed by atoms with E-state index in [9.17, 15) is 0 Å². The summed E-state index contributed by atoms with van der Waals surface area (Å²) >= 11 is 0. The minimum absolute atomic E-state index is 0.119. The molecular formula is C11H8BN5O3. The van der Waals surface area contributed by atoms with E-state index in [-0.39, 0.29) is 28.8 Å². The molecule has 2 aliphatic rings. The number of nitrogens with zero attached hydrogens (tertiary/aromatic N) is 3. The Balaban J connectivity index is 1.96. The normalized spacial score (nSPS) is 14.3. The largest absolute Gasteiger partial charge is 0.864 e. The summed E-state index contributed by atoms with van der Waals surface area (Å²) in [5.41, 5.74) is 12.4. The molecule has 4 rings (SSSR count). The van der Waals surface area contributed by atoms with Gasteiger partial charge in [-0.25, -0.2) is 4.98 Å². The van der Waals surface area contributed by atoms with Crippen LogP contribution in [0.3, 0.4) is 0 Å². The first-order valence-electron chi connectivity index (χ1n) is 5.82. The standard InChI is InChI=1S/C11H8BN5O3/c13-10-7-8-9(11(14)15-10)20-12(19-8)18-6-4-2-1-3-5(6)16-17-7/h1-4H,(H4,13,14,15). The van der Waals surface area contributed by atoms with Crippen LogP contribution in [0.15, 0.2) is 34.5 Å². The Hall–Kier alpha value is -2.97. The van der Waals surface area contributed by atoms with Crippen molar-refractivity contribution in [3.8, 4) is 17.2 Å². The molecule has 1 aromatic heterocycles. The minimum Gasteiger partial charge on any atom is -0.488 e. The fourth-order valence-corrected chi connectivity index (χ4v) is 2.01. The van der Waals surface area contributed by atoms with Gasteiger partial charge in [0.1, 0.15) is 11.4 Å². The topological polar surface area (TPSA) is 117 Å². The van der Waals surface area contributed by atoms with E-state index in [1.165, 1.54) is 0 Å². The molecule has 2 bridgehead atoms. The highest BCUT2D eigenvalue weighted by Gasteiger charge is 2.43. The van der Waals surface area contributed by atoms with Crippen LogP contribution in [-0.2, 0) is 0 Å². The van der Waals surface area contributed by atoms with Gasteiger partial charge in [0.2, 0.25) is 0 Å². The summed E-state index contributed by atoms with van der Waals surface area (Å²) in [5.74, 6) is 1.27. The van der Waals surface area contributed by atoms with Crippen LogP contribution >= 0.6 is 0 Å². The molecule has 3 heterocycles. The molecule has 2 aromatic rings. The van der Waals surface area contributed by atoms with Gasteiger partial charge in [-0.15, -0.1) is 10.2 Å². The summed E-state index contributed by atoms with van der Waals surface area (Å²) in [6.07, 6.45) is 0. The second-order valence-corrected chi connectivity index (χ2v) is 4.20. The zero-order valence-electron chi connectivity index (χ0n) is 10.1. The number of hydrogen-bond donors (Lipinski definition) is 2. The summed E-state index contributed by atoms with van der Waals surface area (Å²) in [7, 11) is -0.973. The molecule has 0 aliphatic carbocycles. The molecule has 0 saturated heterocycles. The Kier molecular flexibility index (Phi) is 2.05. The first kappa shape index (κ1) is 10.9. The number of fused-ring (bicyclic) bond motifs is 2. The van der Waals surface area contributed by atoms with Crippen molar-refractivity contribution >= 4 is 30.3 Å². The van der Waals surface area contributed by atoms with Crippen molar-refractivity contribution in [3.63, 3.8) is 0 Å². The highest BCUT2D eigenvalue weighted by Crippen LogP contribution is 2.49. The quantitative estimate of drug-likeness (QED) is 0.704. The maximum Gasteiger partial charge on any atom is 0.864 e. The Morgan fingerprint density at radius 2 is 1.70 bits per heavy atom. The molecule has 9 heteroatoms. The number of rotatable bonds is 0. The molecule has 0 unspecified atom stereocenters. The van der Waals surface area contributed by atoms with E-state index in [0.717, 1.165) is 0 Å². The summed E-state index contributed by atoms with van der Waals surface area (Å²) < 4.78 is 16.6. The van der Waals surface area contributed by atoms with E-state index in [1.54, 1.807) is 12.1 Å². The summed E-state index contributed by atoms with van der Waals surface area (Å²) in [6.45, 7) is 0. The number of benzene rings is 1. The Morgan fingerprint density at radius 3 is 2.60 bits per heavy atom. The lowest BCUT2D eigenvalue weighted by Crippen LogP contribution is -2.32. The van der Waals surface area contributed by atoms with Crippen LogP contribution < -0.4 is 25.4 Å². The SMILES string of the molecule is Nc1nc(N)c2c3c1N=Nc1ccccc1OB(O2)O3.